The van der Waals surface area contributed by atoms with Crippen LogP contribution in [0.2, 0.25) is 0 Å². The van der Waals surface area contributed by atoms with E-state index in [-0.39, 0.29) is 0 Å². The highest BCUT2D eigenvalue weighted by Gasteiger charge is 2.03. The van der Waals surface area contributed by atoms with Gasteiger partial charge in [-0.3, -0.25) is 4.98 Å². The minimum Gasteiger partial charge on any atom is -0.306 e. The lowest BCUT2D eigenvalue weighted by Crippen LogP contribution is -2.18. The average Bonchev–Trinajstić information content (AvgIpc) is 2.38. The van der Waals surface area contributed by atoms with E-state index in [4.69, 9.17) is 0 Å². The van der Waals surface area contributed by atoms with Crippen molar-refractivity contribution in [1.29, 1.82) is 0 Å². The van der Waals surface area contributed by atoms with Crippen LogP contribution in [0.3, 0.4) is 0 Å². The summed E-state index contributed by atoms with van der Waals surface area (Å²) in [4.78, 5) is 4.11. The van der Waals surface area contributed by atoms with Crippen LogP contribution in [0.4, 0.5) is 0 Å². The molecular weight excluding hydrogens is 208 g/mol. The van der Waals surface area contributed by atoms with E-state index in [2.05, 4.69) is 54.5 Å². The third kappa shape index (κ3) is 3.40. The summed E-state index contributed by atoms with van der Waals surface area (Å²) in [5.74, 6) is 0. The summed E-state index contributed by atoms with van der Waals surface area (Å²) in [7, 11) is 0. The number of benzene rings is 1. The van der Waals surface area contributed by atoms with Crippen molar-refractivity contribution in [3.05, 3.63) is 65.5 Å². The molecule has 0 saturated carbocycles. The Labute approximate surface area is 103 Å². The molecule has 0 spiro atoms. The third-order valence-electron chi connectivity index (χ3n) is 2.91. The highest BCUT2D eigenvalue weighted by molar-refractivity contribution is 5.23. The van der Waals surface area contributed by atoms with Gasteiger partial charge in [-0.05, 0) is 31.0 Å². The first kappa shape index (κ1) is 11.8. The maximum Gasteiger partial charge on any atom is 0.0312 e. The van der Waals surface area contributed by atoms with E-state index in [1.807, 2.05) is 12.3 Å². The van der Waals surface area contributed by atoms with Gasteiger partial charge in [-0.25, -0.2) is 0 Å². The minimum atomic E-state index is 0.357. The molecule has 1 N–H and O–H groups in total. The molecule has 0 aliphatic rings. The van der Waals surface area contributed by atoms with E-state index >= 15 is 0 Å². The highest BCUT2D eigenvalue weighted by Crippen LogP contribution is 2.13. The average molecular weight is 226 g/mol. The zero-order valence-corrected chi connectivity index (χ0v) is 10.4. The molecule has 1 atom stereocenters. The van der Waals surface area contributed by atoms with E-state index in [9.17, 15) is 0 Å². The zero-order valence-electron chi connectivity index (χ0n) is 10.4. The Morgan fingerprint density at radius 1 is 1.18 bits per heavy atom. The number of aromatic nitrogens is 1. The van der Waals surface area contributed by atoms with Gasteiger partial charge in [0, 0.05) is 25.0 Å². The van der Waals surface area contributed by atoms with Gasteiger partial charge < -0.3 is 5.32 Å². The molecule has 88 valence electrons. The summed E-state index contributed by atoms with van der Waals surface area (Å²) in [6.07, 6.45) is 3.70. The van der Waals surface area contributed by atoms with Crippen LogP contribution >= 0.6 is 0 Å². The number of aryl methyl sites for hydroxylation is 1. The zero-order chi connectivity index (χ0) is 12.1. The second kappa shape index (κ2) is 5.60. The molecule has 0 amide bonds. The molecule has 0 saturated heterocycles. The molecule has 1 heterocycles. The first-order valence-electron chi connectivity index (χ1n) is 5.94. The fraction of sp³-hybridized carbons (Fsp3) is 0.267. The van der Waals surface area contributed by atoms with Crippen LogP contribution in [-0.4, -0.2) is 4.98 Å². The van der Waals surface area contributed by atoms with Crippen molar-refractivity contribution in [3.8, 4) is 0 Å². The van der Waals surface area contributed by atoms with Crippen LogP contribution in [0, 0.1) is 6.92 Å². The normalized spacial score (nSPS) is 12.4. The quantitative estimate of drug-likeness (QED) is 0.865. The molecule has 1 aromatic carbocycles. The van der Waals surface area contributed by atoms with E-state index in [1.54, 1.807) is 6.20 Å². The lowest BCUT2D eigenvalue weighted by atomic mass is 10.1. The monoisotopic (exact) mass is 226 g/mol. The molecule has 2 nitrogen and oxygen atoms in total. The number of nitrogens with one attached hydrogen (secondary N) is 1. The molecule has 0 aliphatic heterocycles. The van der Waals surface area contributed by atoms with Crippen LogP contribution in [0.15, 0.2) is 48.8 Å². The van der Waals surface area contributed by atoms with Crippen LogP contribution in [0.5, 0.6) is 0 Å². The Morgan fingerprint density at radius 2 is 1.94 bits per heavy atom. The lowest BCUT2D eigenvalue weighted by molar-refractivity contribution is 0.574. The van der Waals surface area contributed by atoms with Crippen molar-refractivity contribution in [1.82, 2.24) is 10.3 Å². The number of hydrogen-bond acceptors (Lipinski definition) is 2. The largest absolute Gasteiger partial charge is 0.306 e. The summed E-state index contributed by atoms with van der Waals surface area (Å²) in [6, 6.07) is 13.1. The van der Waals surface area contributed by atoms with Crippen molar-refractivity contribution in [3.63, 3.8) is 0 Å². The summed E-state index contributed by atoms with van der Waals surface area (Å²) >= 11 is 0. The molecule has 2 aromatic rings. The fourth-order valence-electron chi connectivity index (χ4n) is 1.75. The maximum absolute atomic E-state index is 4.11. The van der Waals surface area contributed by atoms with Gasteiger partial charge in [-0.15, -0.1) is 0 Å². The van der Waals surface area contributed by atoms with Gasteiger partial charge in [-0.1, -0.05) is 35.9 Å². The number of rotatable bonds is 4. The molecule has 0 fully saturated rings. The SMILES string of the molecule is Cc1ccc(C(C)NCc2cccnc2)cc1. The van der Waals surface area contributed by atoms with Gasteiger partial charge >= 0.3 is 0 Å². The third-order valence-corrected chi connectivity index (χ3v) is 2.91. The fourth-order valence-corrected chi connectivity index (χ4v) is 1.75. The van der Waals surface area contributed by atoms with Crippen molar-refractivity contribution < 1.29 is 0 Å². The number of nitrogens with zero attached hydrogens (tertiary/aromatic N) is 1. The van der Waals surface area contributed by atoms with Crippen LogP contribution < -0.4 is 5.32 Å². The van der Waals surface area contributed by atoms with E-state index in [0.29, 0.717) is 6.04 Å². The van der Waals surface area contributed by atoms with Gasteiger partial charge in [0.1, 0.15) is 0 Å². The second-order valence-electron chi connectivity index (χ2n) is 4.37. The van der Waals surface area contributed by atoms with E-state index < -0.39 is 0 Å². The minimum absolute atomic E-state index is 0.357. The first-order valence-corrected chi connectivity index (χ1v) is 5.94. The second-order valence-corrected chi connectivity index (χ2v) is 4.37. The summed E-state index contributed by atoms with van der Waals surface area (Å²) in [5, 5.41) is 3.49. The Hall–Kier alpha value is -1.67. The molecule has 0 radical (unpaired) electrons. The Balaban J connectivity index is 1.93. The van der Waals surface area contributed by atoms with E-state index in [1.165, 1.54) is 16.7 Å². The lowest BCUT2D eigenvalue weighted by Gasteiger charge is -2.14. The van der Waals surface area contributed by atoms with Gasteiger partial charge in [-0.2, -0.15) is 0 Å². The Kier molecular flexibility index (Phi) is 3.89. The summed E-state index contributed by atoms with van der Waals surface area (Å²) in [6.45, 7) is 5.14. The van der Waals surface area contributed by atoms with Crippen LogP contribution in [0.25, 0.3) is 0 Å². The first-order chi connectivity index (χ1) is 8.25. The van der Waals surface area contributed by atoms with Crippen molar-refractivity contribution in [2.45, 2.75) is 26.4 Å². The molecular formula is C15H18N2. The number of hydrogen-bond donors (Lipinski definition) is 1. The molecule has 2 rings (SSSR count). The molecule has 2 heteroatoms. The maximum atomic E-state index is 4.11. The molecule has 17 heavy (non-hydrogen) atoms. The van der Waals surface area contributed by atoms with Crippen molar-refractivity contribution >= 4 is 0 Å². The van der Waals surface area contributed by atoms with Crippen molar-refractivity contribution in [2.75, 3.05) is 0 Å². The highest BCUT2D eigenvalue weighted by atomic mass is 14.9. The predicted octanol–water partition coefficient (Wildman–Crippen LogP) is 3.24. The van der Waals surface area contributed by atoms with Crippen LogP contribution in [-0.2, 0) is 6.54 Å². The summed E-state index contributed by atoms with van der Waals surface area (Å²) in [5.41, 5.74) is 3.83. The van der Waals surface area contributed by atoms with Crippen molar-refractivity contribution in [2.24, 2.45) is 0 Å². The molecule has 0 bridgehead atoms. The van der Waals surface area contributed by atoms with Gasteiger partial charge in [0.2, 0.25) is 0 Å². The predicted molar refractivity (Wildman–Crippen MR) is 70.7 cm³/mol. The topological polar surface area (TPSA) is 24.9 Å². The smallest absolute Gasteiger partial charge is 0.0312 e. The molecule has 0 aliphatic carbocycles. The number of pyridine rings is 1. The van der Waals surface area contributed by atoms with E-state index in [0.717, 1.165) is 6.54 Å². The van der Waals surface area contributed by atoms with Crippen LogP contribution in [0.1, 0.15) is 29.7 Å². The Morgan fingerprint density at radius 3 is 2.59 bits per heavy atom. The van der Waals surface area contributed by atoms with Gasteiger partial charge in [0.05, 0.1) is 0 Å². The van der Waals surface area contributed by atoms with Gasteiger partial charge in [0.25, 0.3) is 0 Å². The molecule has 1 aromatic heterocycles. The van der Waals surface area contributed by atoms with Gasteiger partial charge in [0.15, 0.2) is 0 Å². The Bertz CT molecular complexity index is 448. The summed E-state index contributed by atoms with van der Waals surface area (Å²) < 4.78 is 0. The molecule has 1 unspecified atom stereocenters. The standard InChI is InChI=1S/C15H18N2/c1-12-5-7-15(8-6-12)13(2)17-11-14-4-3-9-16-10-14/h3-10,13,17H,11H2,1-2H3.